The van der Waals surface area contributed by atoms with Crippen molar-refractivity contribution in [1.82, 2.24) is 10.4 Å². The van der Waals surface area contributed by atoms with Crippen molar-refractivity contribution >= 4 is 0 Å². The Balaban J connectivity index is 1.67. The molecule has 1 N–H and O–H groups in total. The van der Waals surface area contributed by atoms with Gasteiger partial charge >= 0.3 is 0 Å². The highest BCUT2D eigenvalue weighted by atomic mass is 16.7. The normalized spacial score (nSPS) is 33.3. The van der Waals surface area contributed by atoms with Crippen LogP contribution in [0, 0.1) is 0 Å². The van der Waals surface area contributed by atoms with E-state index in [-0.39, 0.29) is 0 Å². The molecule has 0 aromatic rings. The second kappa shape index (κ2) is 6.08. The fourth-order valence-corrected chi connectivity index (χ4v) is 2.84. The van der Waals surface area contributed by atoms with Gasteiger partial charge in [-0.2, -0.15) is 5.01 Å². The summed E-state index contributed by atoms with van der Waals surface area (Å²) in [5, 5.41) is 2.28. The molecular formula is C15H28N2O2. The summed E-state index contributed by atoms with van der Waals surface area (Å²) >= 11 is 0. The topological polar surface area (TPSA) is 33.7 Å². The molecule has 3 aliphatic rings. The second-order valence-corrected chi connectivity index (χ2v) is 6.24. The highest BCUT2D eigenvalue weighted by molar-refractivity contribution is 4.86. The molecule has 0 aromatic carbocycles. The molecule has 4 heteroatoms. The molecule has 19 heavy (non-hydrogen) atoms. The average molecular weight is 268 g/mol. The van der Waals surface area contributed by atoms with Crippen molar-refractivity contribution in [1.29, 1.82) is 0 Å². The molecule has 0 spiro atoms. The van der Waals surface area contributed by atoms with Crippen LogP contribution in [-0.2, 0) is 9.47 Å². The third-order valence-electron chi connectivity index (χ3n) is 4.39. The molecule has 2 saturated carbocycles. The Morgan fingerprint density at radius 2 is 2.00 bits per heavy atom. The van der Waals surface area contributed by atoms with Crippen LogP contribution in [0.2, 0.25) is 0 Å². The minimum atomic E-state index is -0.484. The smallest absolute Gasteiger partial charge is 0.243 e. The Labute approximate surface area is 116 Å². The summed E-state index contributed by atoms with van der Waals surface area (Å²) in [6, 6.07) is 0.660. The van der Waals surface area contributed by atoms with Gasteiger partial charge in [0.15, 0.2) is 0 Å². The number of piperidine rings is 1. The lowest BCUT2D eigenvalue weighted by molar-refractivity contribution is -0.364. The zero-order valence-electron chi connectivity index (χ0n) is 12.2. The van der Waals surface area contributed by atoms with E-state index in [4.69, 9.17) is 9.47 Å². The molecule has 0 aromatic heterocycles. The minimum Gasteiger partial charge on any atom is -0.336 e. The van der Waals surface area contributed by atoms with Gasteiger partial charge in [-0.1, -0.05) is 6.92 Å². The summed E-state index contributed by atoms with van der Waals surface area (Å²) in [7, 11) is 0. The molecule has 1 heterocycles. The summed E-state index contributed by atoms with van der Waals surface area (Å²) in [5.74, 6) is -0.484. The number of hydrazine groups is 1. The molecular weight excluding hydrogens is 240 g/mol. The van der Waals surface area contributed by atoms with E-state index < -0.39 is 5.91 Å². The van der Waals surface area contributed by atoms with Crippen molar-refractivity contribution in [2.45, 2.75) is 82.8 Å². The van der Waals surface area contributed by atoms with E-state index in [1.54, 1.807) is 0 Å². The fraction of sp³-hybridized carbons (Fsp3) is 1.00. The van der Waals surface area contributed by atoms with Crippen molar-refractivity contribution < 1.29 is 9.47 Å². The van der Waals surface area contributed by atoms with Crippen LogP contribution in [0.25, 0.3) is 0 Å². The number of hydrogen-bond donors (Lipinski definition) is 1. The third-order valence-corrected chi connectivity index (χ3v) is 4.39. The molecule has 3 fully saturated rings. The Kier molecular flexibility index (Phi) is 4.42. The van der Waals surface area contributed by atoms with Crippen LogP contribution in [0.5, 0.6) is 0 Å². The van der Waals surface area contributed by atoms with E-state index in [1.807, 2.05) is 0 Å². The van der Waals surface area contributed by atoms with E-state index in [0.29, 0.717) is 12.1 Å². The van der Waals surface area contributed by atoms with E-state index in [0.717, 1.165) is 26.0 Å². The van der Waals surface area contributed by atoms with Crippen molar-refractivity contribution in [3.63, 3.8) is 0 Å². The highest BCUT2D eigenvalue weighted by Gasteiger charge is 2.45. The fourth-order valence-electron chi connectivity index (χ4n) is 2.84. The van der Waals surface area contributed by atoms with Crippen molar-refractivity contribution in [2.24, 2.45) is 0 Å². The van der Waals surface area contributed by atoms with Crippen LogP contribution in [0.4, 0.5) is 0 Å². The molecule has 1 aliphatic heterocycles. The number of nitrogens with zero attached hydrogens (tertiary/aromatic N) is 1. The predicted molar refractivity (Wildman–Crippen MR) is 74.4 cm³/mol. The lowest BCUT2D eigenvalue weighted by Gasteiger charge is -2.48. The zero-order chi connectivity index (χ0) is 13.1. The molecule has 2 aliphatic carbocycles. The lowest BCUT2D eigenvalue weighted by atomic mass is 9.95. The first kappa shape index (κ1) is 13.8. The Hall–Kier alpha value is -0.160. The quantitative estimate of drug-likeness (QED) is 0.720. The third kappa shape index (κ3) is 3.30. The summed E-state index contributed by atoms with van der Waals surface area (Å²) in [4.78, 5) is 0. The number of hydrogen-bond acceptors (Lipinski definition) is 4. The van der Waals surface area contributed by atoms with E-state index >= 15 is 0 Å². The van der Waals surface area contributed by atoms with Gasteiger partial charge in [-0.05, 0) is 51.4 Å². The monoisotopic (exact) mass is 268 g/mol. The maximum Gasteiger partial charge on any atom is 0.243 e. The van der Waals surface area contributed by atoms with Crippen LogP contribution < -0.4 is 5.43 Å². The second-order valence-electron chi connectivity index (χ2n) is 6.24. The molecule has 4 nitrogen and oxygen atoms in total. The predicted octanol–water partition coefficient (Wildman–Crippen LogP) is 2.79. The van der Waals surface area contributed by atoms with Gasteiger partial charge < -0.3 is 9.47 Å². The number of nitrogens with one attached hydrogen (secondary N) is 1. The Morgan fingerprint density at radius 3 is 2.63 bits per heavy atom. The van der Waals surface area contributed by atoms with Gasteiger partial charge in [-0.3, -0.25) is 0 Å². The first-order valence-corrected chi connectivity index (χ1v) is 8.18. The van der Waals surface area contributed by atoms with Gasteiger partial charge in [0.05, 0.1) is 12.7 Å². The highest BCUT2D eigenvalue weighted by Crippen LogP contribution is 2.36. The van der Waals surface area contributed by atoms with E-state index in [9.17, 15) is 0 Å². The van der Waals surface area contributed by atoms with Gasteiger partial charge in [0.25, 0.3) is 0 Å². The average Bonchev–Trinajstić information content (AvgIpc) is 3.18. The lowest BCUT2D eigenvalue weighted by Crippen LogP contribution is -2.63. The summed E-state index contributed by atoms with van der Waals surface area (Å²) in [6.07, 6.45) is 11.2. The minimum absolute atomic E-state index is 0.415. The largest absolute Gasteiger partial charge is 0.336 e. The molecule has 1 saturated heterocycles. The summed E-state index contributed by atoms with van der Waals surface area (Å²) in [5.41, 5.74) is 3.63. The van der Waals surface area contributed by atoms with Gasteiger partial charge in [-0.25, -0.2) is 5.43 Å². The van der Waals surface area contributed by atoms with Crippen molar-refractivity contribution in [3.05, 3.63) is 0 Å². The van der Waals surface area contributed by atoms with Gasteiger partial charge in [0, 0.05) is 19.0 Å². The van der Waals surface area contributed by atoms with Crippen LogP contribution in [-0.4, -0.2) is 36.2 Å². The first-order valence-electron chi connectivity index (χ1n) is 8.18. The Bertz CT molecular complexity index is 292. The van der Waals surface area contributed by atoms with Crippen LogP contribution in [0.3, 0.4) is 0 Å². The standard InChI is InChI=1S/C15H28N2O2/c1-2-12-18-15(19-14-6-5-7-14)10-3-4-11-17(15)16-13-8-9-13/h13-14,16H,2-12H2,1H3. The van der Waals surface area contributed by atoms with Crippen LogP contribution >= 0.6 is 0 Å². The summed E-state index contributed by atoms with van der Waals surface area (Å²) < 4.78 is 12.6. The maximum atomic E-state index is 6.40. The molecule has 0 radical (unpaired) electrons. The number of ether oxygens (including phenoxy) is 2. The summed E-state index contributed by atoms with van der Waals surface area (Å²) in [6.45, 7) is 4.00. The Morgan fingerprint density at radius 1 is 1.16 bits per heavy atom. The van der Waals surface area contributed by atoms with Gasteiger partial charge in [0.1, 0.15) is 0 Å². The van der Waals surface area contributed by atoms with E-state index in [2.05, 4.69) is 17.4 Å². The molecule has 3 rings (SSSR count). The van der Waals surface area contributed by atoms with Crippen molar-refractivity contribution in [2.75, 3.05) is 13.2 Å². The molecule has 110 valence electrons. The van der Waals surface area contributed by atoms with Crippen molar-refractivity contribution in [3.8, 4) is 0 Å². The van der Waals surface area contributed by atoms with Crippen LogP contribution in [0.15, 0.2) is 0 Å². The molecule has 0 bridgehead atoms. The zero-order valence-corrected chi connectivity index (χ0v) is 12.2. The van der Waals surface area contributed by atoms with Crippen LogP contribution in [0.1, 0.15) is 64.7 Å². The van der Waals surface area contributed by atoms with Gasteiger partial charge in [-0.15, -0.1) is 0 Å². The molecule has 1 unspecified atom stereocenters. The molecule has 1 atom stereocenters. The van der Waals surface area contributed by atoms with E-state index in [1.165, 1.54) is 44.9 Å². The first-order chi connectivity index (χ1) is 9.32. The molecule has 0 amide bonds. The van der Waals surface area contributed by atoms with Gasteiger partial charge in [0.2, 0.25) is 5.91 Å². The number of rotatable bonds is 7. The maximum absolute atomic E-state index is 6.40. The SMILES string of the molecule is CCCOC1(OC2CCC2)CCCCN1NC1CC1.